The maximum absolute atomic E-state index is 12.8. The van der Waals surface area contributed by atoms with Gasteiger partial charge in [-0.05, 0) is 6.07 Å². The number of rotatable bonds is 6. The first-order valence-corrected chi connectivity index (χ1v) is 10.8. The van der Waals surface area contributed by atoms with E-state index in [9.17, 15) is 20.0 Å². The molecule has 1 heterocycles. The largest absolute Gasteiger partial charge is 0.507 e. The van der Waals surface area contributed by atoms with Crippen molar-refractivity contribution in [1.82, 2.24) is 9.97 Å². The number of nitrogens with zero attached hydrogens (tertiary/aromatic N) is 2. The normalized spacial score (nSPS) is 10.7. The molecule has 0 radical (unpaired) electrons. The molecule has 0 bridgehead atoms. The number of aromatic hydroxyl groups is 1. The number of benzene rings is 4. The molecule has 1 aromatic heterocycles. The molecule has 170 valence electrons. The van der Waals surface area contributed by atoms with E-state index in [1.54, 1.807) is 24.3 Å². The van der Waals surface area contributed by atoms with Gasteiger partial charge in [0.05, 0.1) is 21.9 Å². The number of nitrogens with one attached hydrogen (secondary N) is 1. The molecule has 7 nitrogen and oxygen atoms in total. The second-order valence-corrected chi connectivity index (χ2v) is 7.91. The van der Waals surface area contributed by atoms with Crippen LogP contribution in [0.15, 0.2) is 103 Å². The summed E-state index contributed by atoms with van der Waals surface area (Å²) in [6.07, 6.45) is 0. The van der Waals surface area contributed by atoms with Crippen molar-refractivity contribution in [2.45, 2.75) is 0 Å². The molecular weight excluding hydrogens is 442 g/mol. The number of phenolic OH excluding ortho intramolecular Hbond substituents is 1. The molecular formula is C28H19N3O4. The molecule has 0 spiro atoms. The van der Waals surface area contributed by atoms with Crippen LogP contribution in [0.3, 0.4) is 0 Å². The first kappa shape index (κ1) is 21.8. The first-order chi connectivity index (χ1) is 17.0. The molecule has 4 aromatic carbocycles. The Labute approximate surface area is 200 Å². The van der Waals surface area contributed by atoms with E-state index in [0.717, 1.165) is 11.1 Å². The Morgan fingerprint density at radius 1 is 0.800 bits per heavy atom. The van der Waals surface area contributed by atoms with Gasteiger partial charge in [-0.15, -0.1) is 0 Å². The Morgan fingerprint density at radius 3 is 2.09 bits per heavy atom. The van der Waals surface area contributed by atoms with E-state index in [1.807, 2.05) is 60.7 Å². The summed E-state index contributed by atoms with van der Waals surface area (Å²) in [5.74, 6) is 0.0936. The lowest BCUT2D eigenvalue weighted by Gasteiger charge is -2.05. The van der Waals surface area contributed by atoms with Gasteiger partial charge in [0, 0.05) is 34.4 Å². The Kier molecular flexibility index (Phi) is 5.65. The molecule has 0 saturated carbocycles. The van der Waals surface area contributed by atoms with Gasteiger partial charge in [0.15, 0.2) is 5.78 Å². The Morgan fingerprint density at radius 2 is 1.43 bits per heavy atom. The molecule has 0 unspecified atom stereocenters. The average Bonchev–Trinajstić information content (AvgIpc) is 3.35. The molecule has 0 fully saturated rings. The number of carbonyl (C=O) groups excluding carboxylic acids is 1. The molecule has 5 aromatic rings. The molecule has 0 aliphatic carbocycles. The third-order valence-corrected chi connectivity index (χ3v) is 5.67. The van der Waals surface area contributed by atoms with Crippen molar-refractivity contribution in [2.24, 2.45) is 0 Å². The Hall–Kier alpha value is -5.04. The molecule has 0 saturated heterocycles. The van der Waals surface area contributed by atoms with Gasteiger partial charge in [-0.1, -0.05) is 84.9 Å². The zero-order valence-electron chi connectivity index (χ0n) is 18.4. The predicted octanol–water partition coefficient (Wildman–Crippen LogP) is 6.26. The second kappa shape index (κ2) is 9.07. The van der Waals surface area contributed by atoms with Crippen LogP contribution in [0.2, 0.25) is 0 Å². The van der Waals surface area contributed by atoms with Gasteiger partial charge in [0.1, 0.15) is 11.6 Å². The summed E-state index contributed by atoms with van der Waals surface area (Å²) in [6, 6.07) is 29.5. The first-order valence-electron chi connectivity index (χ1n) is 10.8. The van der Waals surface area contributed by atoms with Crippen LogP contribution < -0.4 is 0 Å². The highest BCUT2D eigenvalue weighted by Gasteiger charge is 2.20. The Bertz CT molecular complexity index is 1530. The summed E-state index contributed by atoms with van der Waals surface area (Å²) in [5, 5.41) is 21.7. The molecule has 0 atom stereocenters. The van der Waals surface area contributed by atoms with Gasteiger partial charge in [-0.25, -0.2) is 4.98 Å². The number of nitro groups is 1. The summed E-state index contributed by atoms with van der Waals surface area (Å²) >= 11 is 0. The van der Waals surface area contributed by atoms with E-state index in [-0.39, 0.29) is 22.8 Å². The molecule has 0 aliphatic heterocycles. The SMILES string of the molecule is O=C(c1ccccc1)c1ccc(-c2[nH]c(-c3cc([N+](=O)[O-])ccc3O)nc2-c2ccccc2)cc1. The molecule has 2 N–H and O–H groups in total. The van der Waals surface area contributed by atoms with Crippen molar-refractivity contribution >= 4 is 11.5 Å². The summed E-state index contributed by atoms with van der Waals surface area (Å²) in [7, 11) is 0. The highest BCUT2D eigenvalue weighted by atomic mass is 16.6. The van der Waals surface area contributed by atoms with Crippen molar-refractivity contribution in [3.63, 3.8) is 0 Å². The lowest BCUT2D eigenvalue weighted by Crippen LogP contribution is -2.00. The van der Waals surface area contributed by atoms with Crippen LogP contribution in [-0.2, 0) is 0 Å². The summed E-state index contributed by atoms with van der Waals surface area (Å²) < 4.78 is 0. The smallest absolute Gasteiger partial charge is 0.270 e. The van der Waals surface area contributed by atoms with Crippen molar-refractivity contribution in [1.29, 1.82) is 0 Å². The van der Waals surface area contributed by atoms with Crippen LogP contribution >= 0.6 is 0 Å². The lowest BCUT2D eigenvalue weighted by molar-refractivity contribution is -0.384. The van der Waals surface area contributed by atoms with Crippen molar-refractivity contribution < 1.29 is 14.8 Å². The zero-order chi connectivity index (χ0) is 24.4. The number of carbonyl (C=O) groups is 1. The minimum absolute atomic E-state index is 0.0766. The minimum atomic E-state index is -0.520. The van der Waals surface area contributed by atoms with Gasteiger partial charge in [0.25, 0.3) is 5.69 Å². The number of phenols is 1. The van der Waals surface area contributed by atoms with Crippen LogP contribution in [0, 0.1) is 10.1 Å². The summed E-state index contributed by atoms with van der Waals surface area (Å²) in [4.78, 5) is 31.4. The van der Waals surface area contributed by atoms with E-state index < -0.39 is 4.92 Å². The Balaban J connectivity index is 1.60. The molecule has 0 aliphatic rings. The van der Waals surface area contributed by atoms with Crippen LogP contribution in [0.25, 0.3) is 33.9 Å². The highest BCUT2D eigenvalue weighted by molar-refractivity contribution is 6.09. The highest BCUT2D eigenvalue weighted by Crippen LogP contribution is 2.37. The maximum atomic E-state index is 12.8. The lowest BCUT2D eigenvalue weighted by atomic mass is 10.00. The molecule has 7 heteroatoms. The number of imidazole rings is 1. The van der Waals surface area contributed by atoms with Crippen molar-refractivity contribution in [3.05, 3.63) is 124 Å². The third kappa shape index (κ3) is 4.30. The quantitative estimate of drug-likeness (QED) is 0.176. The van der Waals surface area contributed by atoms with Gasteiger partial charge in [-0.2, -0.15) is 0 Å². The average molecular weight is 461 g/mol. The van der Waals surface area contributed by atoms with E-state index in [4.69, 9.17) is 0 Å². The van der Waals surface area contributed by atoms with Gasteiger partial charge >= 0.3 is 0 Å². The standard InChI is InChI=1S/C28H19N3O4/c32-24-16-15-22(31(34)35)17-23(24)28-29-25(18-7-3-1-4-8-18)26(30-28)19-11-13-21(14-12-19)27(33)20-9-5-2-6-10-20/h1-17,32H,(H,29,30). The molecule has 35 heavy (non-hydrogen) atoms. The van der Waals surface area contributed by atoms with E-state index in [2.05, 4.69) is 9.97 Å². The minimum Gasteiger partial charge on any atom is -0.507 e. The summed E-state index contributed by atoms with van der Waals surface area (Å²) in [5.41, 5.74) is 4.12. The number of non-ortho nitro benzene ring substituents is 1. The number of aromatic nitrogens is 2. The second-order valence-electron chi connectivity index (χ2n) is 7.91. The van der Waals surface area contributed by atoms with Crippen LogP contribution in [0.4, 0.5) is 5.69 Å². The van der Waals surface area contributed by atoms with Gasteiger partial charge in [0.2, 0.25) is 0 Å². The molecule has 5 rings (SSSR count). The van der Waals surface area contributed by atoms with E-state index in [0.29, 0.717) is 28.3 Å². The number of ketones is 1. The van der Waals surface area contributed by atoms with Crippen molar-refractivity contribution in [2.75, 3.05) is 0 Å². The van der Waals surface area contributed by atoms with E-state index >= 15 is 0 Å². The molecule has 0 amide bonds. The number of aromatic amines is 1. The fraction of sp³-hybridized carbons (Fsp3) is 0. The number of H-pyrrole nitrogens is 1. The number of hydrogen-bond donors (Lipinski definition) is 2. The van der Waals surface area contributed by atoms with Crippen molar-refractivity contribution in [3.8, 4) is 39.7 Å². The van der Waals surface area contributed by atoms with Gasteiger partial charge in [-0.3, -0.25) is 14.9 Å². The van der Waals surface area contributed by atoms with Crippen LogP contribution in [0.1, 0.15) is 15.9 Å². The predicted molar refractivity (Wildman–Crippen MR) is 133 cm³/mol. The fourth-order valence-electron chi connectivity index (χ4n) is 3.89. The zero-order valence-corrected chi connectivity index (χ0v) is 18.4. The number of hydrogen-bond acceptors (Lipinski definition) is 5. The third-order valence-electron chi connectivity index (χ3n) is 5.67. The van der Waals surface area contributed by atoms with E-state index in [1.165, 1.54) is 18.2 Å². The monoisotopic (exact) mass is 461 g/mol. The fourth-order valence-corrected chi connectivity index (χ4v) is 3.89. The summed E-state index contributed by atoms with van der Waals surface area (Å²) in [6.45, 7) is 0. The van der Waals surface area contributed by atoms with Gasteiger partial charge < -0.3 is 10.1 Å². The topological polar surface area (TPSA) is 109 Å². The number of nitro benzene ring substituents is 1. The van der Waals surface area contributed by atoms with Crippen LogP contribution in [-0.4, -0.2) is 25.8 Å². The van der Waals surface area contributed by atoms with Crippen LogP contribution in [0.5, 0.6) is 5.75 Å². The maximum Gasteiger partial charge on any atom is 0.270 e.